The van der Waals surface area contributed by atoms with Crippen LogP contribution < -0.4 is 5.73 Å². The van der Waals surface area contributed by atoms with Crippen LogP contribution in [0.25, 0.3) is 10.6 Å². The van der Waals surface area contributed by atoms with Crippen LogP contribution >= 0.6 is 22.9 Å². The molecule has 2 aromatic heterocycles. The smallest absolute Gasteiger partial charge is 0.348 e. The van der Waals surface area contributed by atoms with Gasteiger partial charge in [-0.2, -0.15) is 0 Å². The third-order valence-electron chi connectivity index (χ3n) is 1.77. The molecule has 0 saturated heterocycles. The minimum Gasteiger partial charge on any atom is -0.477 e. The average Bonchev–Trinajstić information content (AvgIpc) is 2.71. The number of hydrogen-bond acceptors (Lipinski definition) is 4. The van der Waals surface area contributed by atoms with E-state index in [-0.39, 0.29) is 15.8 Å². The second-order valence-electron chi connectivity index (χ2n) is 2.80. The van der Waals surface area contributed by atoms with E-state index in [0.29, 0.717) is 10.6 Å². The van der Waals surface area contributed by atoms with Crippen molar-refractivity contribution in [2.45, 2.75) is 0 Å². The predicted octanol–water partition coefficient (Wildman–Crippen LogP) is 2.94. The number of nitrogen functional groups attached to an aromatic ring is 1. The molecule has 0 aliphatic rings. The zero-order valence-electron chi connectivity index (χ0n) is 7.36. The van der Waals surface area contributed by atoms with E-state index in [1.54, 1.807) is 18.2 Å². The SMILES string of the molecule is Nc1cc(-c2ccc(Cl)o2)sc1C(=O)O. The number of aromatic carboxylic acids is 1. The molecule has 0 unspecified atom stereocenters. The lowest BCUT2D eigenvalue weighted by atomic mass is 10.3. The molecule has 6 heteroatoms. The van der Waals surface area contributed by atoms with Crippen molar-refractivity contribution in [3.63, 3.8) is 0 Å². The van der Waals surface area contributed by atoms with Gasteiger partial charge in [0.05, 0.1) is 10.6 Å². The Morgan fingerprint density at radius 2 is 2.27 bits per heavy atom. The predicted molar refractivity (Wildman–Crippen MR) is 58.4 cm³/mol. The second kappa shape index (κ2) is 3.60. The van der Waals surface area contributed by atoms with Crippen LogP contribution in [0.15, 0.2) is 22.6 Å². The molecule has 0 saturated carbocycles. The monoisotopic (exact) mass is 243 g/mol. The Kier molecular flexibility index (Phi) is 2.42. The molecule has 78 valence electrons. The molecule has 0 amide bonds. The largest absolute Gasteiger partial charge is 0.477 e. The van der Waals surface area contributed by atoms with Crippen LogP contribution in [0, 0.1) is 0 Å². The van der Waals surface area contributed by atoms with E-state index >= 15 is 0 Å². The van der Waals surface area contributed by atoms with Gasteiger partial charge in [-0.05, 0) is 29.8 Å². The number of anilines is 1. The standard InChI is InChI=1S/C9H6ClNO3S/c10-7-2-1-5(14-7)6-3-4(11)8(15-6)9(12)13/h1-3H,11H2,(H,12,13). The number of furan rings is 1. The summed E-state index contributed by atoms with van der Waals surface area (Å²) in [5.74, 6) is -0.523. The van der Waals surface area contributed by atoms with Gasteiger partial charge in [0.2, 0.25) is 0 Å². The van der Waals surface area contributed by atoms with Crippen molar-refractivity contribution in [3.8, 4) is 10.6 Å². The number of hydrogen-bond donors (Lipinski definition) is 2. The molecule has 2 heterocycles. The lowest BCUT2D eigenvalue weighted by Crippen LogP contribution is -1.96. The summed E-state index contributed by atoms with van der Waals surface area (Å²) in [7, 11) is 0. The minimum absolute atomic E-state index is 0.109. The molecule has 4 nitrogen and oxygen atoms in total. The highest BCUT2D eigenvalue weighted by Crippen LogP contribution is 2.34. The maximum Gasteiger partial charge on any atom is 0.348 e. The number of carboxylic acids is 1. The van der Waals surface area contributed by atoms with Gasteiger partial charge in [-0.3, -0.25) is 0 Å². The van der Waals surface area contributed by atoms with Crippen molar-refractivity contribution in [1.29, 1.82) is 0 Å². The third kappa shape index (κ3) is 1.84. The van der Waals surface area contributed by atoms with Crippen LogP contribution in [-0.2, 0) is 0 Å². The molecule has 0 aliphatic heterocycles. The Balaban J connectivity index is 2.46. The highest BCUT2D eigenvalue weighted by molar-refractivity contribution is 7.17. The molecule has 0 fully saturated rings. The number of carboxylic acid groups (broad SMARTS) is 1. The molecular formula is C9H6ClNO3S. The maximum atomic E-state index is 10.7. The summed E-state index contributed by atoms with van der Waals surface area (Å²) >= 11 is 6.67. The zero-order valence-corrected chi connectivity index (χ0v) is 8.93. The van der Waals surface area contributed by atoms with Crippen molar-refractivity contribution in [2.75, 3.05) is 5.73 Å². The fourth-order valence-electron chi connectivity index (χ4n) is 1.14. The first-order valence-electron chi connectivity index (χ1n) is 3.96. The summed E-state index contributed by atoms with van der Waals surface area (Å²) in [5, 5.41) is 9.06. The maximum absolute atomic E-state index is 10.7. The van der Waals surface area contributed by atoms with Gasteiger partial charge in [-0.25, -0.2) is 4.79 Å². The van der Waals surface area contributed by atoms with E-state index in [4.69, 9.17) is 26.9 Å². The molecular weight excluding hydrogens is 238 g/mol. The lowest BCUT2D eigenvalue weighted by molar-refractivity contribution is 0.0703. The Hall–Kier alpha value is -1.46. The molecule has 0 bridgehead atoms. The number of halogens is 1. The molecule has 3 N–H and O–H groups in total. The summed E-state index contributed by atoms with van der Waals surface area (Å²) in [4.78, 5) is 11.5. The molecule has 0 aliphatic carbocycles. The van der Waals surface area contributed by atoms with E-state index in [1.807, 2.05) is 0 Å². The summed E-state index contributed by atoms with van der Waals surface area (Å²) < 4.78 is 5.14. The summed E-state index contributed by atoms with van der Waals surface area (Å²) in [5.41, 5.74) is 5.77. The van der Waals surface area contributed by atoms with Gasteiger partial charge in [-0.15, -0.1) is 11.3 Å². The number of nitrogens with two attached hydrogens (primary N) is 1. The molecule has 0 spiro atoms. The van der Waals surface area contributed by atoms with Crippen LogP contribution in [0.1, 0.15) is 9.67 Å². The van der Waals surface area contributed by atoms with Crippen molar-refractivity contribution in [2.24, 2.45) is 0 Å². The van der Waals surface area contributed by atoms with Crippen LogP contribution in [0.4, 0.5) is 5.69 Å². The van der Waals surface area contributed by atoms with E-state index in [2.05, 4.69) is 0 Å². The Morgan fingerprint density at radius 1 is 1.53 bits per heavy atom. The third-order valence-corrected chi connectivity index (χ3v) is 3.13. The van der Waals surface area contributed by atoms with Gasteiger partial charge in [-0.1, -0.05) is 0 Å². The van der Waals surface area contributed by atoms with Crippen LogP contribution in [0.5, 0.6) is 0 Å². The van der Waals surface area contributed by atoms with Crippen molar-refractivity contribution in [3.05, 3.63) is 28.3 Å². The quantitative estimate of drug-likeness (QED) is 0.850. The first-order valence-corrected chi connectivity index (χ1v) is 5.15. The normalized spacial score (nSPS) is 10.5. The fourth-order valence-corrected chi connectivity index (χ4v) is 2.17. The van der Waals surface area contributed by atoms with E-state index < -0.39 is 5.97 Å². The summed E-state index contributed by atoms with van der Waals surface area (Å²) in [6.45, 7) is 0. The van der Waals surface area contributed by atoms with Crippen molar-refractivity contribution >= 4 is 34.6 Å². The Labute approximate surface area is 93.9 Å². The molecule has 0 atom stereocenters. The van der Waals surface area contributed by atoms with E-state index in [9.17, 15) is 4.79 Å². The van der Waals surface area contributed by atoms with Gasteiger partial charge in [0.25, 0.3) is 0 Å². The molecule has 15 heavy (non-hydrogen) atoms. The topological polar surface area (TPSA) is 76.5 Å². The molecule has 2 aromatic rings. The van der Waals surface area contributed by atoms with Crippen LogP contribution in [0.2, 0.25) is 5.22 Å². The van der Waals surface area contributed by atoms with Crippen molar-refractivity contribution < 1.29 is 14.3 Å². The van der Waals surface area contributed by atoms with Gasteiger partial charge < -0.3 is 15.3 Å². The van der Waals surface area contributed by atoms with Gasteiger partial charge in [0.15, 0.2) is 5.22 Å². The fraction of sp³-hybridized carbons (Fsp3) is 0. The number of rotatable bonds is 2. The minimum atomic E-state index is -1.04. The van der Waals surface area contributed by atoms with Gasteiger partial charge in [0.1, 0.15) is 10.6 Å². The summed E-state index contributed by atoms with van der Waals surface area (Å²) in [6.07, 6.45) is 0. The molecule has 0 aromatic carbocycles. The Bertz CT molecular complexity index is 517. The second-order valence-corrected chi connectivity index (χ2v) is 4.23. The number of carbonyl (C=O) groups is 1. The summed E-state index contributed by atoms with van der Waals surface area (Å²) in [6, 6.07) is 4.82. The Morgan fingerprint density at radius 3 is 2.73 bits per heavy atom. The van der Waals surface area contributed by atoms with E-state index in [0.717, 1.165) is 11.3 Å². The van der Waals surface area contributed by atoms with Crippen LogP contribution in [-0.4, -0.2) is 11.1 Å². The molecule has 0 radical (unpaired) electrons. The average molecular weight is 244 g/mol. The molecule has 2 rings (SSSR count). The first kappa shape index (κ1) is 10.1. The zero-order chi connectivity index (χ0) is 11.0. The number of thiophene rings is 1. The van der Waals surface area contributed by atoms with Crippen molar-refractivity contribution in [1.82, 2.24) is 0 Å². The van der Waals surface area contributed by atoms with Crippen LogP contribution in [0.3, 0.4) is 0 Å². The first-order chi connectivity index (χ1) is 7.08. The lowest BCUT2D eigenvalue weighted by Gasteiger charge is -1.87. The van der Waals surface area contributed by atoms with Gasteiger partial charge >= 0.3 is 5.97 Å². The highest BCUT2D eigenvalue weighted by atomic mass is 35.5. The van der Waals surface area contributed by atoms with E-state index in [1.165, 1.54) is 0 Å². The van der Waals surface area contributed by atoms with Gasteiger partial charge in [0, 0.05) is 0 Å². The highest BCUT2D eigenvalue weighted by Gasteiger charge is 2.15.